The SMILES string of the molecule is O=C(COc1ccccc1)N1CCCCC1c1noc(-c2cccc3[nH]cnc23)n1. The highest BCUT2D eigenvalue weighted by Gasteiger charge is 2.32. The van der Waals surface area contributed by atoms with Crippen LogP contribution in [0.2, 0.25) is 0 Å². The number of nitrogens with zero attached hydrogens (tertiary/aromatic N) is 4. The van der Waals surface area contributed by atoms with Crippen LogP contribution in [0.5, 0.6) is 5.75 Å². The number of aromatic amines is 1. The van der Waals surface area contributed by atoms with Crippen LogP contribution in [0.15, 0.2) is 59.4 Å². The maximum Gasteiger partial charge on any atom is 0.261 e. The Morgan fingerprint density at radius 2 is 2.07 bits per heavy atom. The highest BCUT2D eigenvalue weighted by Crippen LogP contribution is 2.32. The van der Waals surface area contributed by atoms with E-state index in [1.165, 1.54) is 0 Å². The minimum absolute atomic E-state index is 0.0161. The lowest BCUT2D eigenvalue weighted by molar-refractivity contribution is -0.137. The molecule has 1 atom stereocenters. The van der Waals surface area contributed by atoms with Crippen molar-refractivity contribution in [1.82, 2.24) is 25.0 Å². The summed E-state index contributed by atoms with van der Waals surface area (Å²) in [6, 6.07) is 14.9. The normalized spacial score (nSPS) is 16.7. The summed E-state index contributed by atoms with van der Waals surface area (Å²) >= 11 is 0. The number of carbonyl (C=O) groups is 1. The van der Waals surface area contributed by atoms with Gasteiger partial charge >= 0.3 is 0 Å². The summed E-state index contributed by atoms with van der Waals surface area (Å²) in [4.78, 5) is 26.7. The van der Waals surface area contributed by atoms with E-state index in [0.29, 0.717) is 24.0 Å². The molecule has 30 heavy (non-hydrogen) atoms. The zero-order valence-electron chi connectivity index (χ0n) is 16.3. The molecule has 1 aliphatic rings. The Labute approximate surface area is 172 Å². The Kier molecular flexibility index (Phi) is 4.88. The van der Waals surface area contributed by atoms with Crippen molar-refractivity contribution in [2.24, 2.45) is 0 Å². The molecule has 0 aliphatic carbocycles. The fourth-order valence-corrected chi connectivity index (χ4v) is 3.86. The van der Waals surface area contributed by atoms with E-state index < -0.39 is 0 Å². The van der Waals surface area contributed by atoms with Crippen molar-refractivity contribution in [2.45, 2.75) is 25.3 Å². The van der Waals surface area contributed by atoms with Crippen LogP contribution in [-0.2, 0) is 4.79 Å². The van der Waals surface area contributed by atoms with Crippen LogP contribution in [0.1, 0.15) is 31.1 Å². The molecule has 1 amide bonds. The molecular weight excluding hydrogens is 382 g/mol. The molecular formula is C22H21N5O3. The molecule has 8 heteroatoms. The van der Waals surface area contributed by atoms with Gasteiger partial charge in [0.2, 0.25) is 0 Å². The summed E-state index contributed by atoms with van der Waals surface area (Å²) < 4.78 is 11.2. The Morgan fingerprint density at radius 1 is 1.17 bits per heavy atom. The largest absolute Gasteiger partial charge is 0.484 e. The molecule has 0 bridgehead atoms. The number of carbonyl (C=O) groups excluding carboxylic acids is 1. The van der Waals surface area contributed by atoms with Crippen LogP contribution in [-0.4, -0.2) is 44.1 Å². The van der Waals surface area contributed by atoms with Crippen LogP contribution in [0.25, 0.3) is 22.5 Å². The number of likely N-dealkylation sites (tertiary alicyclic amines) is 1. The quantitative estimate of drug-likeness (QED) is 0.545. The van der Waals surface area contributed by atoms with Crippen molar-refractivity contribution >= 4 is 16.9 Å². The number of hydrogen-bond donors (Lipinski definition) is 1. The molecule has 3 heterocycles. The van der Waals surface area contributed by atoms with Gasteiger partial charge in [-0.25, -0.2) is 4.98 Å². The molecule has 2 aromatic heterocycles. The first kappa shape index (κ1) is 18.4. The zero-order chi connectivity index (χ0) is 20.3. The van der Waals surface area contributed by atoms with Crippen molar-refractivity contribution in [2.75, 3.05) is 13.2 Å². The standard InChI is InChI=1S/C22H21N5O3/c28-19(13-29-15-7-2-1-3-8-15)27-12-5-4-11-18(27)21-25-22(30-26-21)16-9-6-10-17-20(16)24-14-23-17/h1-3,6-10,14,18H,4-5,11-13H2,(H,23,24). The number of imidazole rings is 1. The van der Waals surface area contributed by atoms with Gasteiger partial charge in [0.05, 0.1) is 23.4 Å². The number of aromatic nitrogens is 4. The smallest absolute Gasteiger partial charge is 0.261 e. The van der Waals surface area contributed by atoms with Crippen LogP contribution >= 0.6 is 0 Å². The van der Waals surface area contributed by atoms with Gasteiger partial charge in [-0.2, -0.15) is 4.98 Å². The lowest BCUT2D eigenvalue weighted by Gasteiger charge is -2.33. The summed E-state index contributed by atoms with van der Waals surface area (Å²) in [5, 5.41) is 4.20. The van der Waals surface area contributed by atoms with E-state index in [1.54, 1.807) is 11.2 Å². The molecule has 5 rings (SSSR count). The van der Waals surface area contributed by atoms with E-state index >= 15 is 0 Å². The van der Waals surface area contributed by atoms with E-state index in [9.17, 15) is 4.79 Å². The van der Waals surface area contributed by atoms with Crippen LogP contribution in [0.4, 0.5) is 0 Å². The van der Waals surface area contributed by atoms with Gasteiger partial charge < -0.3 is 19.1 Å². The summed E-state index contributed by atoms with van der Waals surface area (Å²) in [5.74, 6) is 1.52. The van der Waals surface area contributed by atoms with Gasteiger partial charge in [-0.05, 0) is 43.5 Å². The molecule has 1 N–H and O–H groups in total. The fourth-order valence-electron chi connectivity index (χ4n) is 3.86. The Morgan fingerprint density at radius 3 is 2.97 bits per heavy atom. The lowest BCUT2D eigenvalue weighted by Crippen LogP contribution is -2.41. The number of H-pyrrole nitrogens is 1. The van der Waals surface area contributed by atoms with Gasteiger partial charge in [-0.1, -0.05) is 29.4 Å². The molecule has 2 aromatic carbocycles. The Bertz CT molecular complexity index is 1150. The molecule has 1 unspecified atom stereocenters. The summed E-state index contributed by atoms with van der Waals surface area (Å²) in [7, 11) is 0. The van der Waals surface area contributed by atoms with Crippen molar-refractivity contribution in [3.63, 3.8) is 0 Å². The average Bonchev–Trinajstić information content (AvgIpc) is 3.48. The molecule has 0 radical (unpaired) electrons. The van der Waals surface area contributed by atoms with E-state index in [2.05, 4.69) is 20.1 Å². The Hall–Kier alpha value is -3.68. The van der Waals surface area contributed by atoms with Gasteiger partial charge in [-0.3, -0.25) is 4.79 Å². The molecule has 152 valence electrons. The monoisotopic (exact) mass is 403 g/mol. The van der Waals surface area contributed by atoms with Crippen molar-refractivity contribution in [3.05, 3.63) is 60.7 Å². The molecule has 4 aromatic rings. The number of fused-ring (bicyclic) bond motifs is 1. The van der Waals surface area contributed by atoms with E-state index in [4.69, 9.17) is 9.26 Å². The number of para-hydroxylation sites is 2. The fraction of sp³-hybridized carbons (Fsp3) is 0.273. The number of rotatable bonds is 5. The van der Waals surface area contributed by atoms with Gasteiger partial charge in [-0.15, -0.1) is 0 Å². The van der Waals surface area contributed by atoms with Crippen LogP contribution in [0.3, 0.4) is 0 Å². The van der Waals surface area contributed by atoms with Gasteiger partial charge in [0.25, 0.3) is 11.8 Å². The highest BCUT2D eigenvalue weighted by molar-refractivity contribution is 5.89. The third kappa shape index (κ3) is 3.52. The predicted octanol–water partition coefficient (Wildman–Crippen LogP) is 3.75. The number of hydrogen-bond acceptors (Lipinski definition) is 6. The Balaban J connectivity index is 1.36. The van der Waals surface area contributed by atoms with Gasteiger partial charge in [0.15, 0.2) is 12.4 Å². The first-order valence-corrected chi connectivity index (χ1v) is 10.0. The number of piperidine rings is 1. The summed E-state index contributed by atoms with van der Waals surface area (Å²) in [6.45, 7) is 0.637. The van der Waals surface area contributed by atoms with Gasteiger partial charge in [0, 0.05) is 6.54 Å². The molecule has 1 saturated heterocycles. The lowest BCUT2D eigenvalue weighted by atomic mass is 10.0. The van der Waals surface area contributed by atoms with Gasteiger partial charge in [0.1, 0.15) is 11.3 Å². The first-order chi connectivity index (χ1) is 14.8. The second-order valence-corrected chi connectivity index (χ2v) is 7.26. The molecule has 8 nitrogen and oxygen atoms in total. The minimum atomic E-state index is -0.221. The first-order valence-electron chi connectivity index (χ1n) is 10.0. The highest BCUT2D eigenvalue weighted by atomic mass is 16.5. The van der Waals surface area contributed by atoms with Crippen LogP contribution in [0, 0.1) is 0 Å². The van der Waals surface area contributed by atoms with Crippen molar-refractivity contribution in [3.8, 4) is 17.2 Å². The number of ether oxygens (including phenoxy) is 1. The molecule has 1 fully saturated rings. The van der Waals surface area contributed by atoms with Crippen LogP contribution < -0.4 is 4.74 Å². The maximum absolute atomic E-state index is 12.9. The number of benzene rings is 2. The summed E-state index contributed by atoms with van der Waals surface area (Å²) in [5.41, 5.74) is 2.45. The third-order valence-electron chi connectivity index (χ3n) is 5.35. The maximum atomic E-state index is 12.9. The zero-order valence-corrected chi connectivity index (χ0v) is 16.3. The molecule has 0 spiro atoms. The summed E-state index contributed by atoms with van der Waals surface area (Å²) in [6.07, 6.45) is 4.39. The van der Waals surface area contributed by atoms with Crippen molar-refractivity contribution < 1.29 is 14.1 Å². The number of amides is 1. The second-order valence-electron chi connectivity index (χ2n) is 7.26. The third-order valence-corrected chi connectivity index (χ3v) is 5.35. The predicted molar refractivity (Wildman–Crippen MR) is 110 cm³/mol. The average molecular weight is 403 g/mol. The van der Waals surface area contributed by atoms with E-state index in [1.807, 2.05) is 48.5 Å². The van der Waals surface area contributed by atoms with Crippen molar-refractivity contribution in [1.29, 1.82) is 0 Å². The topological polar surface area (TPSA) is 97.1 Å². The van der Waals surface area contributed by atoms with E-state index in [0.717, 1.165) is 35.9 Å². The second kappa shape index (κ2) is 7.98. The molecule has 0 saturated carbocycles. The van der Waals surface area contributed by atoms with E-state index in [-0.39, 0.29) is 18.6 Å². The number of nitrogens with one attached hydrogen (secondary N) is 1. The molecule has 1 aliphatic heterocycles. The minimum Gasteiger partial charge on any atom is -0.484 e.